The zero-order valence-corrected chi connectivity index (χ0v) is 7.46. The number of rotatable bonds is 2. The summed E-state index contributed by atoms with van der Waals surface area (Å²) < 4.78 is 0. The second-order valence-electron chi connectivity index (χ2n) is 3.71. The molecule has 0 spiro atoms. The Morgan fingerprint density at radius 1 is 1.50 bits per heavy atom. The van der Waals surface area contributed by atoms with Gasteiger partial charge in [-0.1, -0.05) is 0 Å². The van der Waals surface area contributed by atoms with Crippen molar-refractivity contribution in [2.45, 2.75) is 32.2 Å². The van der Waals surface area contributed by atoms with Crippen LogP contribution in [0.4, 0.5) is 5.95 Å². The molecule has 0 atom stereocenters. The number of aryl methyl sites for hydroxylation is 1. The Kier molecular flexibility index (Phi) is 1.53. The van der Waals surface area contributed by atoms with Crippen molar-refractivity contribution in [3.8, 4) is 0 Å². The van der Waals surface area contributed by atoms with Crippen LogP contribution in [0.3, 0.4) is 0 Å². The monoisotopic (exact) mass is 163 g/mol. The fourth-order valence-corrected chi connectivity index (χ4v) is 1.09. The third-order valence-electron chi connectivity index (χ3n) is 2.21. The molecule has 0 unspecified atom stereocenters. The maximum absolute atomic E-state index is 4.28. The summed E-state index contributed by atoms with van der Waals surface area (Å²) in [6.45, 7) is 4.17. The molecule has 1 aliphatic rings. The van der Waals surface area contributed by atoms with Crippen molar-refractivity contribution >= 4 is 5.95 Å². The van der Waals surface area contributed by atoms with Gasteiger partial charge in [0.15, 0.2) is 0 Å². The van der Waals surface area contributed by atoms with Crippen LogP contribution in [0.1, 0.15) is 25.5 Å². The SMILES string of the molecule is Cc1ccnc(NC2(C)CC2)n1. The highest BCUT2D eigenvalue weighted by Crippen LogP contribution is 2.37. The molecular formula is C9H13N3. The number of aromatic nitrogens is 2. The average molecular weight is 163 g/mol. The molecule has 0 amide bonds. The topological polar surface area (TPSA) is 37.8 Å². The molecule has 3 heteroatoms. The van der Waals surface area contributed by atoms with E-state index in [2.05, 4.69) is 22.2 Å². The smallest absolute Gasteiger partial charge is 0.223 e. The molecule has 1 aromatic heterocycles. The Hall–Kier alpha value is -1.12. The van der Waals surface area contributed by atoms with E-state index in [1.54, 1.807) is 6.20 Å². The summed E-state index contributed by atoms with van der Waals surface area (Å²) in [6.07, 6.45) is 4.24. The standard InChI is InChI=1S/C9H13N3/c1-7-3-6-10-8(11-7)12-9(2)4-5-9/h3,6H,4-5H2,1-2H3,(H,10,11,12). The lowest BCUT2D eigenvalue weighted by atomic mass is 10.3. The zero-order chi connectivity index (χ0) is 8.60. The van der Waals surface area contributed by atoms with Gasteiger partial charge in [0.25, 0.3) is 0 Å². The number of nitrogens with one attached hydrogen (secondary N) is 1. The normalized spacial score (nSPS) is 18.8. The molecule has 1 aliphatic carbocycles. The van der Waals surface area contributed by atoms with Gasteiger partial charge in [-0.05, 0) is 32.8 Å². The molecular weight excluding hydrogens is 150 g/mol. The minimum absolute atomic E-state index is 0.272. The molecule has 0 aliphatic heterocycles. The van der Waals surface area contributed by atoms with Crippen LogP contribution in [0.15, 0.2) is 12.3 Å². The molecule has 3 nitrogen and oxygen atoms in total. The van der Waals surface area contributed by atoms with Gasteiger partial charge in [-0.3, -0.25) is 0 Å². The van der Waals surface area contributed by atoms with Crippen LogP contribution in [-0.4, -0.2) is 15.5 Å². The van der Waals surface area contributed by atoms with Gasteiger partial charge >= 0.3 is 0 Å². The highest BCUT2D eigenvalue weighted by atomic mass is 15.2. The van der Waals surface area contributed by atoms with Crippen molar-refractivity contribution in [1.29, 1.82) is 0 Å². The maximum atomic E-state index is 4.28. The van der Waals surface area contributed by atoms with Gasteiger partial charge in [0, 0.05) is 17.4 Å². The van der Waals surface area contributed by atoms with Gasteiger partial charge in [0.2, 0.25) is 5.95 Å². The average Bonchev–Trinajstić information content (AvgIpc) is 2.67. The van der Waals surface area contributed by atoms with E-state index in [1.807, 2.05) is 13.0 Å². The van der Waals surface area contributed by atoms with Crippen molar-refractivity contribution in [3.63, 3.8) is 0 Å². The highest BCUT2D eigenvalue weighted by molar-refractivity contribution is 5.32. The third kappa shape index (κ3) is 1.55. The van der Waals surface area contributed by atoms with Crippen LogP contribution >= 0.6 is 0 Å². The quantitative estimate of drug-likeness (QED) is 0.721. The van der Waals surface area contributed by atoms with Crippen LogP contribution in [0.2, 0.25) is 0 Å². The summed E-state index contributed by atoms with van der Waals surface area (Å²) in [4.78, 5) is 8.42. The van der Waals surface area contributed by atoms with Crippen LogP contribution in [0, 0.1) is 6.92 Å². The molecule has 1 fully saturated rings. The maximum Gasteiger partial charge on any atom is 0.223 e. The predicted octanol–water partition coefficient (Wildman–Crippen LogP) is 1.75. The first-order valence-electron chi connectivity index (χ1n) is 4.26. The van der Waals surface area contributed by atoms with E-state index in [-0.39, 0.29) is 5.54 Å². The molecule has 1 N–H and O–H groups in total. The summed E-state index contributed by atoms with van der Waals surface area (Å²) in [5.74, 6) is 0.759. The van der Waals surface area contributed by atoms with Crippen molar-refractivity contribution in [1.82, 2.24) is 9.97 Å². The van der Waals surface area contributed by atoms with Crippen LogP contribution in [-0.2, 0) is 0 Å². The Morgan fingerprint density at radius 2 is 2.25 bits per heavy atom. The van der Waals surface area contributed by atoms with Crippen LogP contribution in [0.5, 0.6) is 0 Å². The second-order valence-corrected chi connectivity index (χ2v) is 3.71. The van der Waals surface area contributed by atoms with Crippen LogP contribution < -0.4 is 5.32 Å². The van der Waals surface area contributed by atoms with Gasteiger partial charge in [0.1, 0.15) is 0 Å². The first-order chi connectivity index (χ1) is 5.68. The Morgan fingerprint density at radius 3 is 2.83 bits per heavy atom. The molecule has 12 heavy (non-hydrogen) atoms. The summed E-state index contributed by atoms with van der Waals surface area (Å²) in [5.41, 5.74) is 1.28. The van der Waals surface area contributed by atoms with Crippen molar-refractivity contribution < 1.29 is 0 Å². The predicted molar refractivity (Wildman–Crippen MR) is 48.0 cm³/mol. The molecule has 0 bridgehead atoms. The minimum Gasteiger partial charge on any atom is -0.349 e. The third-order valence-corrected chi connectivity index (χ3v) is 2.21. The van der Waals surface area contributed by atoms with Crippen molar-refractivity contribution in [3.05, 3.63) is 18.0 Å². The Labute approximate surface area is 72.2 Å². The van der Waals surface area contributed by atoms with Gasteiger partial charge in [0.05, 0.1) is 0 Å². The summed E-state index contributed by atoms with van der Waals surface area (Å²) in [7, 11) is 0. The van der Waals surface area contributed by atoms with E-state index in [1.165, 1.54) is 12.8 Å². The number of hydrogen-bond donors (Lipinski definition) is 1. The molecule has 1 heterocycles. The lowest BCUT2D eigenvalue weighted by molar-refractivity contribution is 0.807. The van der Waals surface area contributed by atoms with Crippen LogP contribution in [0.25, 0.3) is 0 Å². The lowest BCUT2D eigenvalue weighted by Crippen LogP contribution is -2.17. The first-order valence-corrected chi connectivity index (χ1v) is 4.26. The molecule has 64 valence electrons. The second kappa shape index (κ2) is 2.44. The summed E-state index contributed by atoms with van der Waals surface area (Å²) in [6, 6.07) is 1.90. The fraction of sp³-hybridized carbons (Fsp3) is 0.556. The molecule has 1 saturated carbocycles. The molecule has 1 aromatic rings. The molecule has 2 rings (SSSR count). The Bertz CT molecular complexity index is 292. The highest BCUT2D eigenvalue weighted by Gasteiger charge is 2.37. The zero-order valence-electron chi connectivity index (χ0n) is 7.46. The van der Waals surface area contributed by atoms with Gasteiger partial charge in [-0.15, -0.1) is 0 Å². The van der Waals surface area contributed by atoms with E-state index in [0.717, 1.165) is 11.6 Å². The number of nitrogens with zero attached hydrogens (tertiary/aromatic N) is 2. The fourth-order valence-electron chi connectivity index (χ4n) is 1.09. The molecule has 0 aromatic carbocycles. The summed E-state index contributed by atoms with van der Waals surface area (Å²) >= 11 is 0. The molecule has 0 saturated heterocycles. The van der Waals surface area contributed by atoms with E-state index in [9.17, 15) is 0 Å². The molecule has 0 radical (unpaired) electrons. The van der Waals surface area contributed by atoms with Crippen molar-refractivity contribution in [2.75, 3.05) is 5.32 Å². The first kappa shape index (κ1) is 7.53. The largest absolute Gasteiger partial charge is 0.349 e. The Balaban J connectivity index is 2.12. The van der Waals surface area contributed by atoms with Gasteiger partial charge in [-0.25, -0.2) is 9.97 Å². The minimum atomic E-state index is 0.272. The number of anilines is 1. The summed E-state index contributed by atoms with van der Waals surface area (Å²) in [5, 5.41) is 3.31. The van der Waals surface area contributed by atoms with E-state index >= 15 is 0 Å². The van der Waals surface area contributed by atoms with E-state index in [0.29, 0.717) is 0 Å². The van der Waals surface area contributed by atoms with Gasteiger partial charge < -0.3 is 5.32 Å². The number of hydrogen-bond acceptors (Lipinski definition) is 3. The van der Waals surface area contributed by atoms with E-state index < -0.39 is 0 Å². The van der Waals surface area contributed by atoms with Crippen molar-refractivity contribution in [2.24, 2.45) is 0 Å². The lowest BCUT2D eigenvalue weighted by Gasteiger charge is -2.10. The van der Waals surface area contributed by atoms with Gasteiger partial charge in [-0.2, -0.15) is 0 Å². The van der Waals surface area contributed by atoms with E-state index in [4.69, 9.17) is 0 Å².